The minimum Gasteiger partial charge on any atom is -0.338 e. The molecule has 1 amide bonds. The SMILES string of the molecule is CCN1CCC[C@H]1[C@H]1CCCN1C(=O)Cc1ccc(C#N)cc1. The number of likely N-dealkylation sites (tertiary alicyclic amines) is 2. The van der Waals surface area contributed by atoms with Crippen molar-refractivity contribution in [2.75, 3.05) is 19.6 Å². The molecule has 0 unspecified atom stereocenters. The fraction of sp³-hybridized carbons (Fsp3) is 0.579. The van der Waals surface area contributed by atoms with Crippen molar-refractivity contribution in [3.63, 3.8) is 0 Å². The van der Waals surface area contributed by atoms with Crippen LogP contribution >= 0.6 is 0 Å². The normalized spacial score (nSPS) is 24.8. The molecular formula is C19H25N3O. The van der Waals surface area contributed by atoms with E-state index in [1.807, 2.05) is 12.1 Å². The van der Waals surface area contributed by atoms with Crippen molar-refractivity contribution in [1.82, 2.24) is 9.80 Å². The van der Waals surface area contributed by atoms with Crippen LogP contribution in [0, 0.1) is 11.3 Å². The lowest BCUT2D eigenvalue weighted by Gasteiger charge is -2.34. The third-order valence-corrected chi connectivity index (χ3v) is 5.32. The Bertz CT molecular complexity index is 590. The van der Waals surface area contributed by atoms with Gasteiger partial charge in [-0.05, 0) is 56.5 Å². The summed E-state index contributed by atoms with van der Waals surface area (Å²) in [4.78, 5) is 17.4. The van der Waals surface area contributed by atoms with Crippen LogP contribution in [0.1, 0.15) is 43.7 Å². The fourth-order valence-corrected chi connectivity index (χ4v) is 4.16. The standard InChI is InChI=1S/C19H25N3O/c1-2-21-11-3-5-17(21)18-6-4-12-22(18)19(23)13-15-7-9-16(14-20)10-8-15/h7-10,17-18H,2-6,11-13H2,1H3/t17-,18+/m0/s1. The van der Waals surface area contributed by atoms with Gasteiger partial charge in [-0.25, -0.2) is 0 Å². The van der Waals surface area contributed by atoms with E-state index >= 15 is 0 Å². The predicted octanol–water partition coefficient (Wildman–Crippen LogP) is 2.58. The first kappa shape index (κ1) is 16.0. The van der Waals surface area contributed by atoms with Gasteiger partial charge in [-0.2, -0.15) is 5.26 Å². The highest BCUT2D eigenvalue weighted by Gasteiger charge is 2.38. The quantitative estimate of drug-likeness (QED) is 0.858. The summed E-state index contributed by atoms with van der Waals surface area (Å²) in [5.74, 6) is 0.236. The van der Waals surface area contributed by atoms with Crippen LogP contribution in [-0.4, -0.2) is 47.4 Å². The summed E-state index contributed by atoms with van der Waals surface area (Å²) >= 11 is 0. The molecule has 0 N–H and O–H groups in total. The highest BCUT2D eigenvalue weighted by Crippen LogP contribution is 2.30. The van der Waals surface area contributed by atoms with Crippen LogP contribution in [0.3, 0.4) is 0 Å². The smallest absolute Gasteiger partial charge is 0.227 e. The number of carbonyl (C=O) groups excluding carboxylic acids is 1. The Balaban J connectivity index is 1.67. The predicted molar refractivity (Wildman–Crippen MR) is 89.9 cm³/mol. The summed E-state index contributed by atoms with van der Waals surface area (Å²) in [5.41, 5.74) is 1.64. The van der Waals surface area contributed by atoms with Crippen molar-refractivity contribution >= 4 is 5.91 Å². The Morgan fingerprint density at radius 3 is 2.57 bits per heavy atom. The highest BCUT2D eigenvalue weighted by molar-refractivity contribution is 5.79. The first-order valence-corrected chi connectivity index (χ1v) is 8.75. The van der Waals surface area contributed by atoms with Crippen LogP contribution in [-0.2, 0) is 11.2 Å². The summed E-state index contributed by atoms with van der Waals surface area (Å²) in [6.07, 6.45) is 5.19. The molecule has 2 saturated heterocycles. The van der Waals surface area contributed by atoms with E-state index in [2.05, 4.69) is 22.8 Å². The van der Waals surface area contributed by atoms with E-state index in [1.54, 1.807) is 12.1 Å². The van der Waals surface area contributed by atoms with Crippen LogP contribution in [0.4, 0.5) is 0 Å². The molecule has 122 valence electrons. The molecule has 0 bridgehead atoms. The number of carbonyl (C=O) groups is 1. The van der Waals surface area contributed by atoms with E-state index in [9.17, 15) is 4.79 Å². The molecule has 4 nitrogen and oxygen atoms in total. The lowest BCUT2D eigenvalue weighted by Crippen LogP contribution is -2.48. The maximum absolute atomic E-state index is 12.8. The number of nitriles is 1. The van der Waals surface area contributed by atoms with Gasteiger partial charge in [-0.3, -0.25) is 9.69 Å². The largest absolute Gasteiger partial charge is 0.338 e. The maximum atomic E-state index is 12.8. The van der Waals surface area contributed by atoms with Crippen LogP contribution < -0.4 is 0 Å². The molecule has 1 aromatic carbocycles. The molecule has 0 aromatic heterocycles. The Hall–Kier alpha value is -1.86. The van der Waals surface area contributed by atoms with Gasteiger partial charge >= 0.3 is 0 Å². The Morgan fingerprint density at radius 1 is 1.17 bits per heavy atom. The maximum Gasteiger partial charge on any atom is 0.227 e. The average molecular weight is 311 g/mol. The molecule has 23 heavy (non-hydrogen) atoms. The zero-order valence-electron chi connectivity index (χ0n) is 13.9. The molecule has 0 spiro atoms. The molecule has 4 heteroatoms. The van der Waals surface area contributed by atoms with Gasteiger partial charge in [0.1, 0.15) is 0 Å². The third-order valence-electron chi connectivity index (χ3n) is 5.32. The number of benzene rings is 1. The van der Waals surface area contributed by atoms with E-state index < -0.39 is 0 Å². The van der Waals surface area contributed by atoms with E-state index in [0.717, 1.165) is 31.5 Å². The second-order valence-electron chi connectivity index (χ2n) is 6.62. The number of likely N-dealkylation sites (N-methyl/N-ethyl adjacent to an activating group) is 1. The van der Waals surface area contributed by atoms with Crippen LogP contribution in [0.2, 0.25) is 0 Å². The molecule has 0 saturated carbocycles. The van der Waals surface area contributed by atoms with Crippen LogP contribution in [0.15, 0.2) is 24.3 Å². The molecule has 2 heterocycles. The summed E-state index contributed by atoms with van der Waals surface area (Å²) in [5, 5.41) is 8.86. The van der Waals surface area contributed by atoms with E-state index in [0.29, 0.717) is 24.1 Å². The van der Waals surface area contributed by atoms with Crippen molar-refractivity contribution in [3.05, 3.63) is 35.4 Å². The van der Waals surface area contributed by atoms with Gasteiger partial charge in [-0.1, -0.05) is 19.1 Å². The minimum absolute atomic E-state index is 0.236. The Morgan fingerprint density at radius 2 is 1.87 bits per heavy atom. The molecule has 2 aliphatic heterocycles. The van der Waals surface area contributed by atoms with Crippen molar-refractivity contribution in [2.24, 2.45) is 0 Å². The van der Waals surface area contributed by atoms with Gasteiger partial charge in [0.05, 0.1) is 18.1 Å². The topological polar surface area (TPSA) is 47.3 Å². The number of hydrogen-bond acceptors (Lipinski definition) is 3. The van der Waals surface area contributed by atoms with E-state index in [1.165, 1.54) is 19.4 Å². The second-order valence-corrected chi connectivity index (χ2v) is 6.62. The summed E-state index contributed by atoms with van der Waals surface area (Å²) < 4.78 is 0. The molecule has 0 aliphatic carbocycles. The molecule has 0 radical (unpaired) electrons. The van der Waals surface area contributed by atoms with Crippen LogP contribution in [0.5, 0.6) is 0 Å². The van der Waals surface area contributed by atoms with Gasteiger partial charge in [-0.15, -0.1) is 0 Å². The van der Waals surface area contributed by atoms with Crippen molar-refractivity contribution in [1.29, 1.82) is 5.26 Å². The number of rotatable bonds is 4. The van der Waals surface area contributed by atoms with Gasteiger partial charge in [0.2, 0.25) is 5.91 Å². The first-order valence-electron chi connectivity index (χ1n) is 8.75. The van der Waals surface area contributed by atoms with E-state index in [-0.39, 0.29) is 5.91 Å². The monoisotopic (exact) mass is 311 g/mol. The highest BCUT2D eigenvalue weighted by atomic mass is 16.2. The first-order chi connectivity index (χ1) is 11.2. The number of amides is 1. The fourth-order valence-electron chi connectivity index (χ4n) is 4.16. The van der Waals surface area contributed by atoms with Gasteiger partial charge in [0.15, 0.2) is 0 Å². The molecule has 2 fully saturated rings. The Kier molecular flexibility index (Phi) is 4.97. The summed E-state index contributed by atoms with van der Waals surface area (Å²) in [6.45, 7) is 5.37. The molecule has 3 rings (SSSR count). The zero-order valence-corrected chi connectivity index (χ0v) is 13.9. The van der Waals surface area contributed by atoms with Crippen molar-refractivity contribution in [2.45, 2.75) is 51.1 Å². The van der Waals surface area contributed by atoms with Gasteiger partial charge in [0.25, 0.3) is 0 Å². The molecule has 2 aliphatic rings. The average Bonchev–Trinajstić information content (AvgIpc) is 3.23. The summed E-state index contributed by atoms with van der Waals surface area (Å²) in [6, 6.07) is 10.4. The minimum atomic E-state index is 0.236. The molecular weight excluding hydrogens is 286 g/mol. The lowest BCUT2D eigenvalue weighted by atomic mass is 10.0. The Labute approximate surface area is 138 Å². The van der Waals surface area contributed by atoms with Gasteiger partial charge in [0, 0.05) is 18.6 Å². The molecule has 2 atom stereocenters. The number of hydrogen-bond donors (Lipinski definition) is 0. The lowest BCUT2D eigenvalue weighted by molar-refractivity contribution is -0.132. The number of nitrogens with zero attached hydrogens (tertiary/aromatic N) is 3. The van der Waals surface area contributed by atoms with Gasteiger partial charge < -0.3 is 4.90 Å². The van der Waals surface area contributed by atoms with E-state index in [4.69, 9.17) is 5.26 Å². The van der Waals surface area contributed by atoms with Crippen molar-refractivity contribution < 1.29 is 4.79 Å². The zero-order chi connectivity index (χ0) is 16.2. The van der Waals surface area contributed by atoms with Crippen molar-refractivity contribution in [3.8, 4) is 6.07 Å². The second kappa shape index (κ2) is 7.14. The van der Waals surface area contributed by atoms with Crippen LogP contribution in [0.25, 0.3) is 0 Å². The molecule has 1 aromatic rings. The third kappa shape index (κ3) is 3.40. The summed E-state index contributed by atoms with van der Waals surface area (Å²) in [7, 11) is 0.